The van der Waals surface area contributed by atoms with Crippen LogP contribution >= 0.6 is 0 Å². The zero-order valence-electron chi connectivity index (χ0n) is 12.0. The van der Waals surface area contributed by atoms with Crippen LogP contribution in [0.2, 0.25) is 0 Å². The Morgan fingerprint density at radius 1 is 1.26 bits per heavy atom. The molecule has 0 amide bonds. The highest BCUT2D eigenvalue weighted by molar-refractivity contribution is 5.15. The Hall–Kier alpha value is -1.68. The second-order valence-electron chi connectivity index (χ2n) is 4.92. The maximum Gasteiger partial charge on any atom is 0.0834 e. The van der Waals surface area contributed by atoms with Gasteiger partial charge < -0.3 is 5.32 Å². The van der Waals surface area contributed by atoms with Crippen LogP contribution in [0.5, 0.6) is 0 Å². The normalized spacial score (nSPS) is 10.9. The molecule has 0 aliphatic rings. The summed E-state index contributed by atoms with van der Waals surface area (Å²) in [4.78, 5) is 4.50. The average Bonchev–Trinajstić information content (AvgIpc) is 2.70. The van der Waals surface area contributed by atoms with Crippen molar-refractivity contribution in [2.24, 2.45) is 0 Å². The van der Waals surface area contributed by atoms with Gasteiger partial charge >= 0.3 is 0 Å². The molecule has 2 rings (SSSR count). The van der Waals surface area contributed by atoms with E-state index >= 15 is 0 Å². The molecule has 0 spiro atoms. The van der Waals surface area contributed by atoms with Crippen LogP contribution in [-0.4, -0.2) is 21.3 Å². The third-order valence-electron chi connectivity index (χ3n) is 3.06. The minimum atomic E-state index is 0.738. The Labute approximate surface area is 114 Å². The second kappa shape index (κ2) is 6.48. The summed E-state index contributed by atoms with van der Waals surface area (Å²) in [7, 11) is 0. The molecular formula is C15H22N4. The molecule has 0 bridgehead atoms. The number of nitrogens with zero attached hydrogens (tertiary/aromatic N) is 3. The molecule has 4 nitrogen and oxygen atoms in total. The molecule has 4 heteroatoms. The third-order valence-corrected chi connectivity index (χ3v) is 3.06. The smallest absolute Gasteiger partial charge is 0.0834 e. The molecule has 0 atom stereocenters. The van der Waals surface area contributed by atoms with E-state index in [0.29, 0.717) is 0 Å². The summed E-state index contributed by atoms with van der Waals surface area (Å²) in [5.41, 5.74) is 4.50. The summed E-state index contributed by atoms with van der Waals surface area (Å²) in [6.45, 7) is 8.93. The van der Waals surface area contributed by atoms with Gasteiger partial charge in [-0.25, -0.2) is 0 Å². The lowest BCUT2D eigenvalue weighted by atomic mass is 10.2. The summed E-state index contributed by atoms with van der Waals surface area (Å²) in [6, 6.07) is 6.30. The Kier molecular flexibility index (Phi) is 4.68. The van der Waals surface area contributed by atoms with Crippen molar-refractivity contribution in [1.82, 2.24) is 20.1 Å². The van der Waals surface area contributed by atoms with Gasteiger partial charge in [-0.15, -0.1) is 0 Å². The Bertz CT molecular complexity index is 513. The first kappa shape index (κ1) is 13.7. The van der Waals surface area contributed by atoms with Crippen molar-refractivity contribution in [2.75, 3.05) is 6.54 Å². The van der Waals surface area contributed by atoms with Crippen LogP contribution in [0.3, 0.4) is 0 Å². The van der Waals surface area contributed by atoms with E-state index in [-0.39, 0.29) is 0 Å². The number of rotatable bonds is 6. The van der Waals surface area contributed by atoms with Gasteiger partial charge in [-0.3, -0.25) is 9.67 Å². The highest BCUT2D eigenvalue weighted by Gasteiger charge is 2.03. The van der Waals surface area contributed by atoms with Crippen LogP contribution in [0.4, 0.5) is 0 Å². The summed E-state index contributed by atoms with van der Waals surface area (Å²) in [5.74, 6) is 0. The minimum absolute atomic E-state index is 0.738. The molecule has 0 aliphatic heterocycles. The van der Waals surface area contributed by atoms with Crippen LogP contribution < -0.4 is 5.32 Å². The van der Waals surface area contributed by atoms with Crippen LogP contribution in [-0.2, 0) is 13.1 Å². The monoisotopic (exact) mass is 258 g/mol. The molecule has 2 aromatic heterocycles. The summed E-state index contributed by atoms with van der Waals surface area (Å²) < 4.78 is 1.99. The van der Waals surface area contributed by atoms with Crippen molar-refractivity contribution in [2.45, 2.75) is 40.3 Å². The second-order valence-corrected chi connectivity index (χ2v) is 4.92. The van der Waals surface area contributed by atoms with E-state index in [4.69, 9.17) is 0 Å². The summed E-state index contributed by atoms with van der Waals surface area (Å²) in [5, 5.41) is 7.83. The molecule has 19 heavy (non-hydrogen) atoms. The molecule has 102 valence electrons. The number of pyridine rings is 1. The van der Waals surface area contributed by atoms with E-state index in [0.717, 1.165) is 37.4 Å². The molecule has 2 aromatic rings. The van der Waals surface area contributed by atoms with E-state index in [2.05, 4.69) is 47.4 Å². The van der Waals surface area contributed by atoms with Crippen molar-refractivity contribution < 1.29 is 0 Å². The standard InChI is InChI=1S/C15H22N4/c1-4-7-16-9-14-5-6-15(17-10-14)11-19-13(3)8-12(2)18-19/h5-6,8,10,16H,4,7,9,11H2,1-3H3. The fourth-order valence-electron chi connectivity index (χ4n) is 2.05. The van der Waals surface area contributed by atoms with Crippen LogP contribution in [0.1, 0.15) is 36.0 Å². The lowest BCUT2D eigenvalue weighted by molar-refractivity contribution is 0.643. The highest BCUT2D eigenvalue weighted by Crippen LogP contribution is 2.06. The Morgan fingerprint density at radius 2 is 2.11 bits per heavy atom. The molecule has 1 N–H and O–H groups in total. The molecular weight excluding hydrogens is 236 g/mol. The van der Waals surface area contributed by atoms with Gasteiger partial charge in [0.05, 0.1) is 17.9 Å². The molecule has 2 heterocycles. The largest absolute Gasteiger partial charge is 0.313 e. The third kappa shape index (κ3) is 3.89. The first-order valence-corrected chi connectivity index (χ1v) is 6.84. The number of hydrogen-bond donors (Lipinski definition) is 1. The lowest BCUT2D eigenvalue weighted by Gasteiger charge is -2.06. The van der Waals surface area contributed by atoms with Crippen molar-refractivity contribution in [3.63, 3.8) is 0 Å². The van der Waals surface area contributed by atoms with E-state index < -0.39 is 0 Å². The Balaban J connectivity index is 1.96. The lowest BCUT2D eigenvalue weighted by Crippen LogP contribution is -2.14. The van der Waals surface area contributed by atoms with E-state index in [1.165, 1.54) is 11.3 Å². The zero-order valence-corrected chi connectivity index (χ0v) is 12.0. The number of aromatic nitrogens is 3. The van der Waals surface area contributed by atoms with Gasteiger partial charge in [0.1, 0.15) is 0 Å². The predicted molar refractivity (Wildman–Crippen MR) is 77.0 cm³/mol. The Morgan fingerprint density at radius 3 is 2.68 bits per heavy atom. The van der Waals surface area contributed by atoms with Gasteiger partial charge in [0.2, 0.25) is 0 Å². The molecule has 0 fully saturated rings. The quantitative estimate of drug-likeness (QED) is 0.809. The van der Waals surface area contributed by atoms with Gasteiger partial charge in [-0.1, -0.05) is 13.0 Å². The SMILES string of the molecule is CCCNCc1ccc(Cn2nc(C)cc2C)nc1. The average molecular weight is 258 g/mol. The summed E-state index contributed by atoms with van der Waals surface area (Å²) >= 11 is 0. The van der Waals surface area contributed by atoms with Gasteiger partial charge in [0.25, 0.3) is 0 Å². The maximum atomic E-state index is 4.50. The number of nitrogens with one attached hydrogen (secondary N) is 1. The van der Waals surface area contributed by atoms with Crippen LogP contribution in [0, 0.1) is 13.8 Å². The first-order chi connectivity index (χ1) is 9.19. The van der Waals surface area contributed by atoms with E-state index in [1.807, 2.05) is 17.8 Å². The fourth-order valence-corrected chi connectivity index (χ4v) is 2.05. The van der Waals surface area contributed by atoms with Gasteiger partial charge in [0, 0.05) is 18.4 Å². The van der Waals surface area contributed by atoms with Gasteiger partial charge in [-0.2, -0.15) is 5.10 Å². The molecule has 0 saturated heterocycles. The van der Waals surface area contributed by atoms with Gasteiger partial charge in [0.15, 0.2) is 0 Å². The summed E-state index contributed by atoms with van der Waals surface area (Å²) in [6.07, 6.45) is 3.10. The molecule has 0 aliphatic carbocycles. The van der Waals surface area contributed by atoms with E-state index in [1.54, 1.807) is 0 Å². The first-order valence-electron chi connectivity index (χ1n) is 6.84. The predicted octanol–water partition coefficient (Wildman–Crippen LogP) is 2.44. The molecule has 0 unspecified atom stereocenters. The highest BCUT2D eigenvalue weighted by atomic mass is 15.3. The van der Waals surface area contributed by atoms with Crippen molar-refractivity contribution in [3.8, 4) is 0 Å². The fraction of sp³-hybridized carbons (Fsp3) is 0.467. The molecule has 0 radical (unpaired) electrons. The van der Waals surface area contributed by atoms with Crippen molar-refractivity contribution in [3.05, 3.63) is 47.0 Å². The van der Waals surface area contributed by atoms with Gasteiger partial charge in [-0.05, 0) is 44.5 Å². The minimum Gasteiger partial charge on any atom is -0.313 e. The number of hydrogen-bond acceptors (Lipinski definition) is 3. The number of aryl methyl sites for hydroxylation is 2. The van der Waals surface area contributed by atoms with Crippen molar-refractivity contribution in [1.29, 1.82) is 0 Å². The zero-order chi connectivity index (χ0) is 13.7. The van der Waals surface area contributed by atoms with E-state index in [9.17, 15) is 0 Å². The maximum absolute atomic E-state index is 4.50. The molecule has 0 saturated carbocycles. The topological polar surface area (TPSA) is 42.7 Å². The van der Waals surface area contributed by atoms with Crippen molar-refractivity contribution >= 4 is 0 Å². The molecule has 0 aromatic carbocycles. The van der Waals surface area contributed by atoms with Crippen LogP contribution in [0.25, 0.3) is 0 Å². The van der Waals surface area contributed by atoms with Crippen LogP contribution in [0.15, 0.2) is 24.4 Å².